The fourth-order valence-corrected chi connectivity index (χ4v) is 2.35. The smallest absolute Gasteiger partial charge is 0.296 e. The van der Waals surface area contributed by atoms with Gasteiger partial charge in [0.25, 0.3) is 10.1 Å². The summed E-state index contributed by atoms with van der Waals surface area (Å²) >= 11 is 5.76. The summed E-state index contributed by atoms with van der Waals surface area (Å²) in [4.78, 5) is -0.276. The Bertz CT molecular complexity index is 699. The Labute approximate surface area is 115 Å². The van der Waals surface area contributed by atoms with E-state index in [1.54, 1.807) is 24.3 Å². The lowest BCUT2D eigenvalue weighted by molar-refractivity contribution is 0.483. The molecule has 100 valence electrons. The van der Waals surface area contributed by atoms with Gasteiger partial charge in [-0.05, 0) is 42.5 Å². The third-order valence-electron chi connectivity index (χ3n) is 2.41. The summed E-state index contributed by atoms with van der Waals surface area (Å²) in [5, 5.41) is 3.45. The molecule has 0 aliphatic carbocycles. The lowest BCUT2D eigenvalue weighted by Gasteiger charge is -2.11. The van der Waals surface area contributed by atoms with Gasteiger partial charge >= 0.3 is 0 Å². The Morgan fingerprint density at radius 1 is 1.11 bits per heavy atom. The van der Waals surface area contributed by atoms with Crippen LogP contribution in [-0.4, -0.2) is 13.0 Å². The number of benzene rings is 2. The van der Waals surface area contributed by atoms with Gasteiger partial charge < -0.3 is 11.1 Å². The Hall–Kier alpha value is -1.76. The van der Waals surface area contributed by atoms with Crippen molar-refractivity contribution in [2.45, 2.75) is 4.90 Å². The van der Waals surface area contributed by atoms with Crippen molar-refractivity contribution in [3.8, 4) is 0 Å². The van der Waals surface area contributed by atoms with Gasteiger partial charge in [-0.15, -0.1) is 0 Å². The molecule has 7 heteroatoms. The minimum absolute atomic E-state index is 0.235. The number of nitrogens with one attached hydrogen (secondary N) is 1. The van der Waals surface area contributed by atoms with E-state index in [1.807, 2.05) is 0 Å². The van der Waals surface area contributed by atoms with E-state index in [1.165, 1.54) is 18.2 Å². The number of nitrogen functional groups attached to an aromatic ring is 1. The van der Waals surface area contributed by atoms with Crippen molar-refractivity contribution >= 4 is 38.8 Å². The topological polar surface area (TPSA) is 92.4 Å². The van der Waals surface area contributed by atoms with Gasteiger partial charge in [-0.25, -0.2) is 0 Å². The molecule has 0 aromatic heterocycles. The van der Waals surface area contributed by atoms with Crippen LogP contribution in [0.15, 0.2) is 47.4 Å². The molecule has 2 aromatic rings. The summed E-state index contributed by atoms with van der Waals surface area (Å²) in [6.07, 6.45) is 0. The van der Waals surface area contributed by atoms with Gasteiger partial charge in [0.2, 0.25) is 0 Å². The fraction of sp³-hybridized carbons (Fsp3) is 0. The molecular weight excluding hydrogens is 288 g/mol. The zero-order valence-electron chi connectivity index (χ0n) is 9.67. The Kier molecular flexibility index (Phi) is 3.66. The van der Waals surface area contributed by atoms with Crippen molar-refractivity contribution < 1.29 is 13.0 Å². The van der Waals surface area contributed by atoms with Crippen LogP contribution >= 0.6 is 11.6 Å². The maximum absolute atomic E-state index is 11.3. The first-order valence-corrected chi connectivity index (χ1v) is 7.08. The molecule has 2 aromatic carbocycles. The molecule has 5 nitrogen and oxygen atoms in total. The number of hydrogen-bond donors (Lipinski definition) is 3. The van der Waals surface area contributed by atoms with Crippen LogP contribution in [-0.2, 0) is 10.1 Å². The van der Waals surface area contributed by atoms with Crippen LogP contribution < -0.4 is 11.1 Å². The van der Waals surface area contributed by atoms with Crippen LogP contribution in [0.4, 0.5) is 17.1 Å². The molecular formula is C12H11ClN2O3S. The predicted octanol–water partition coefficient (Wildman–Crippen LogP) is 2.91. The SMILES string of the molecule is Nc1ccc(Nc2ccc(Cl)cc2)c(S(=O)(=O)O)c1. The average molecular weight is 299 g/mol. The van der Waals surface area contributed by atoms with E-state index < -0.39 is 10.1 Å². The third-order valence-corrected chi connectivity index (χ3v) is 3.55. The zero-order valence-corrected chi connectivity index (χ0v) is 11.2. The zero-order chi connectivity index (χ0) is 14.0. The highest BCUT2D eigenvalue weighted by Crippen LogP contribution is 2.27. The van der Waals surface area contributed by atoms with Gasteiger partial charge in [0, 0.05) is 16.4 Å². The first kappa shape index (κ1) is 13.7. The van der Waals surface area contributed by atoms with Crippen molar-refractivity contribution in [2.75, 3.05) is 11.1 Å². The van der Waals surface area contributed by atoms with Crippen LogP contribution in [0.2, 0.25) is 5.02 Å². The van der Waals surface area contributed by atoms with E-state index in [0.717, 1.165) is 0 Å². The molecule has 0 spiro atoms. The largest absolute Gasteiger partial charge is 0.399 e. The lowest BCUT2D eigenvalue weighted by Crippen LogP contribution is -2.04. The molecule has 0 saturated carbocycles. The fourth-order valence-electron chi connectivity index (χ4n) is 1.54. The standard InChI is InChI=1S/C12H11ClN2O3S/c13-8-1-4-10(5-2-8)15-11-6-3-9(14)7-12(11)19(16,17)18/h1-7,15H,14H2,(H,16,17,18). The maximum Gasteiger partial charge on any atom is 0.296 e. The Morgan fingerprint density at radius 2 is 1.74 bits per heavy atom. The second kappa shape index (κ2) is 5.08. The van der Waals surface area contributed by atoms with Crippen molar-refractivity contribution in [1.29, 1.82) is 0 Å². The molecule has 19 heavy (non-hydrogen) atoms. The van der Waals surface area contributed by atoms with Gasteiger partial charge in [-0.3, -0.25) is 4.55 Å². The highest BCUT2D eigenvalue weighted by atomic mass is 35.5. The highest BCUT2D eigenvalue weighted by molar-refractivity contribution is 7.86. The first-order chi connectivity index (χ1) is 8.86. The van der Waals surface area contributed by atoms with Crippen LogP contribution in [0.3, 0.4) is 0 Å². The minimum Gasteiger partial charge on any atom is -0.399 e. The molecule has 0 amide bonds. The number of halogens is 1. The third kappa shape index (κ3) is 3.37. The monoisotopic (exact) mass is 298 g/mol. The number of nitrogens with two attached hydrogens (primary N) is 1. The van der Waals surface area contributed by atoms with Gasteiger partial charge in [0.05, 0.1) is 5.69 Å². The van der Waals surface area contributed by atoms with Gasteiger partial charge in [-0.1, -0.05) is 11.6 Å². The molecule has 0 unspecified atom stereocenters. The van der Waals surface area contributed by atoms with Crippen molar-refractivity contribution in [3.63, 3.8) is 0 Å². The number of rotatable bonds is 3. The molecule has 0 saturated heterocycles. The summed E-state index contributed by atoms with van der Waals surface area (Å²) < 4.78 is 31.8. The van der Waals surface area contributed by atoms with E-state index in [2.05, 4.69) is 5.32 Å². The molecule has 0 atom stereocenters. The highest BCUT2D eigenvalue weighted by Gasteiger charge is 2.16. The minimum atomic E-state index is -4.35. The van der Waals surface area contributed by atoms with Crippen LogP contribution in [0.25, 0.3) is 0 Å². The van der Waals surface area contributed by atoms with Crippen molar-refractivity contribution in [2.24, 2.45) is 0 Å². The number of hydrogen-bond acceptors (Lipinski definition) is 4. The first-order valence-electron chi connectivity index (χ1n) is 5.26. The Balaban J connectivity index is 2.43. The molecule has 0 radical (unpaired) electrons. The molecule has 2 rings (SSSR count). The Morgan fingerprint density at radius 3 is 2.32 bits per heavy atom. The normalized spacial score (nSPS) is 11.3. The number of anilines is 3. The molecule has 0 aliphatic heterocycles. The van der Waals surface area contributed by atoms with Gasteiger partial charge in [0.15, 0.2) is 0 Å². The summed E-state index contributed by atoms with van der Waals surface area (Å²) in [7, 11) is -4.35. The van der Waals surface area contributed by atoms with E-state index >= 15 is 0 Å². The summed E-state index contributed by atoms with van der Waals surface area (Å²) in [6.45, 7) is 0. The van der Waals surface area contributed by atoms with Crippen LogP contribution in [0.5, 0.6) is 0 Å². The maximum atomic E-state index is 11.3. The van der Waals surface area contributed by atoms with E-state index in [9.17, 15) is 13.0 Å². The van der Waals surface area contributed by atoms with E-state index in [0.29, 0.717) is 10.7 Å². The molecule has 0 heterocycles. The molecule has 0 aliphatic rings. The molecule has 0 fully saturated rings. The van der Waals surface area contributed by atoms with Crippen LogP contribution in [0, 0.1) is 0 Å². The van der Waals surface area contributed by atoms with Crippen molar-refractivity contribution in [3.05, 3.63) is 47.5 Å². The molecule has 4 N–H and O–H groups in total. The average Bonchev–Trinajstić information content (AvgIpc) is 2.33. The quantitative estimate of drug-likeness (QED) is 0.598. The second-order valence-corrected chi connectivity index (χ2v) is 5.69. The summed E-state index contributed by atoms with van der Waals surface area (Å²) in [5.41, 5.74) is 6.63. The van der Waals surface area contributed by atoms with E-state index in [-0.39, 0.29) is 16.3 Å². The van der Waals surface area contributed by atoms with Gasteiger partial charge in [-0.2, -0.15) is 8.42 Å². The summed E-state index contributed by atoms with van der Waals surface area (Å²) in [5.74, 6) is 0. The molecule has 0 bridgehead atoms. The lowest BCUT2D eigenvalue weighted by atomic mass is 10.2. The summed E-state index contributed by atoms with van der Waals surface area (Å²) in [6, 6.07) is 10.9. The van der Waals surface area contributed by atoms with Crippen LogP contribution in [0.1, 0.15) is 0 Å². The van der Waals surface area contributed by atoms with E-state index in [4.69, 9.17) is 17.3 Å². The van der Waals surface area contributed by atoms with Crippen molar-refractivity contribution in [1.82, 2.24) is 0 Å². The van der Waals surface area contributed by atoms with Gasteiger partial charge in [0.1, 0.15) is 4.90 Å². The second-order valence-electron chi connectivity index (χ2n) is 3.86. The predicted molar refractivity (Wildman–Crippen MR) is 75.4 cm³/mol.